The smallest absolute Gasteiger partial charge is 0.244 e. The molecule has 1 rings (SSSR count). The maximum Gasteiger partial charge on any atom is 0.244 e. The maximum absolute atomic E-state index is 5.77. The van der Waals surface area contributed by atoms with Crippen LogP contribution in [-0.2, 0) is 5.41 Å². The molecule has 1 unspecified atom stereocenters. The molecular formula is C8H13ClN2O. The summed E-state index contributed by atoms with van der Waals surface area (Å²) in [6.07, 6.45) is 0. The van der Waals surface area contributed by atoms with Crippen LogP contribution in [0.5, 0.6) is 0 Å². The molecule has 0 amide bonds. The Bertz CT molecular complexity index is 262. The van der Waals surface area contributed by atoms with Gasteiger partial charge < -0.3 is 4.52 Å². The van der Waals surface area contributed by atoms with Gasteiger partial charge in [0.05, 0.1) is 0 Å². The standard InChI is InChI=1S/C8H13ClN2O/c1-5(9)6-10-7(11-12-6)8(2,3)4/h5H,1-4H3. The predicted octanol–water partition coefficient (Wildman–Crippen LogP) is 2.67. The number of nitrogens with zero attached hydrogens (tertiary/aromatic N) is 2. The molecule has 1 aromatic heterocycles. The Hall–Kier alpha value is -0.570. The summed E-state index contributed by atoms with van der Waals surface area (Å²) >= 11 is 5.77. The molecule has 1 heterocycles. The van der Waals surface area contributed by atoms with Crippen molar-refractivity contribution in [3.8, 4) is 0 Å². The SMILES string of the molecule is CC(Cl)c1nc(C(C)(C)C)no1. The van der Waals surface area contributed by atoms with E-state index in [4.69, 9.17) is 16.1 Å². The first-order valence-electron chi connectivity index (χ1n) is 3.89. The molecule has 4 heteroatoms. The molecule has 0 bridgehead atoms. The van der Waals surface area contributed by atoms with Crippen molar-refractivity contribution >= 4 is 11.6 Å². The van der Waals surface area contributed by atoms with Gasteiger partial charge in [-0.25, -0.2) is 0 Å². The molecule has 3 nitrogen and oxygen atoms in total. The number of alkyl halides is 1. The Balaban J connectivity index is 2.92. The van der Waals surface area contributed by atoms with Crippen molar-refractivity contribution < 1.29 is 4.52 Å². The average Bonchev–Trinajstić information content (AvgIpc) is 2.30. The molecule has 0 spiro atoms. The van der Waals surface area contributed by atoms with Crippen LogP contribution in [0.1, 0.15) is 44.8 Å². The molecule has 0 aliphatic heterocycles. The highest BCUT2D eigenvalue weighted by molar-refractivity contribution is 6.20. The van der Waals surface area contributed by atoms with Crippen LogP contribution in [0, 0.1) is 0 Å². The fraction of sp³-hybridized carbons (Fsp3) is 0.750. The average molecular weight is 189 g/mol. The van der Waals surface area contributed by atoms with Crippen LogP contribution in [-0.4, -0.2) is 10.1 Å². The lowest BCUT2D eigenvalue weighted by atomic mass is 9.96. The fourth-order valence-electron chi connectivity index (χ4n) is 0.701. The molecule has 0 aromatic carbocycles. The van der Waals surface area contributed by atoms with E-state index in [2.05, 4.69) is 10.1 Å². The Morgan fingerprint density at radius 1 is 1.42 bits per heavy atom. The van der Waals surface area contributed by atoms with E-state index in [1.54, 1.807) is 0 Å². The lowest BCUT2D eigenvalue weighted by Crippen LogP contribution is -2.13. The summed E-state index contributed by atoms with van der Waals surface area (Å²) < 4.78 is 4.96. The number of aromatic nitrogens is 2. The summed E-state index contributed by atoms with van der Waals surface area (Å²) in [4.78, 5) is 4.17. The maximum atomic E-state index is 5.77. The molecular weight excluding hydrogens is 176 g/mol. The second-order valence-electron chi connectivity index (χ2n) is 3.82. The second-order valence-corrected chi connectivity index (χ2v) is 4.48. The first kappa shape index (κ1) is 9.52. The summed E-state index contributed by atoms with van der Waals surface area (Å²) in [5, 5.41) is 3.62. The van der Waals surface area contributed by atoms with Gasteiger partial charge >= 0.3 is 0 Å². The van der Waals surface area contributed by atoms with Crippen molar-refractivity contribution in [2.24, 2.45) is 0 Å². The fourth-order valence-corrected chi connectivity index (χ4v) is 0.790. The largest absolute Gasteiger partial charge is 0.338 e. The first-order chi connectivity index (χ1) is 5.41. The van der Waals surface area contributed by atoms with E-state index < -0.39 is 0 Å². The Morgan fingerprint density at radius 2 is 2.00 bits per heavy atom. The minimum absolute atomic E-state index is 0.0759. The summed E-state index contributed by atoms with van der Waals surface area (Å²) in [7, 11) is 0. The molecule has 0 fully saturated rings. The summed E-state index contributed by atoms with van der Waals surface area (Å²) in [6.45, 7) is 7.89. The molecule has 0 saturated heterocycles. The van der Waals surface area contributed by atoms with Gasteiger partial charge in [-0.3, -0.25) is 0 Å². The number of hydrogen-bond donors (Lipinski definition) is 0. The van der Waals surface area contributed by atoms with Gasteiger partial charge in [-0.2, -0.15) is 4.98 Å². The van der Waals surface area contributed by atoms with Crippen molar-refractivity contribution in [1.82, 2.24) is 10.1 Å². The molecule has 0 radical (unpaired) electrons. The summed E-state index contributed by atoms with van der Waals surface area (Å²) in [6, 6.07) is 0. The number of hydrogen-bond acceptors (Lipinski definition) is 3. The van der Waals surface area contributed by atoms with Crippen LogP contribution >= 0.6 is 11.6 Å². The van der Waals surface area contributed by atoms with Gasteiger partial charge in [0.25, 0.3) is 0 Å². The van der Waals surface area contributed by atoms with Gasteiger partial charge in [0.1, 0.15) is 5.38 Å². The molecule has 0 saturated carbocycles. The topological polar surface area (TPSA) is 38.9 Å². The van der Waals surface area contributed by atoms with Gasteiger partial charge in [-0.05, 0) is 6.92 Å². The van der Waals surface area contributed by atoms with Crippen LogP contribution in [0.4, 0.5) is 0 Å². The lowest BCUT2D eigenvalue weighted by molar-refractivity contribution is 0.363. The van der Waals surface area contributed by atoms with Gasteiger partial charge in [0.2, 0.25) is 5.89 Å². The van der Waals surface area contributed by atoms with E-state index in [1.165, 1.54) is 0 Å². The third kappa shape index (κ3) is 1.97. The number of halogens is 1. The number of rotatable bonds is 1. The Kier molecular flexibility index (Phi) is 2.42. The highest BCUT2D eigenvalue weighted by Gasteiger charge is 2.22. The van der Waals surface area contributed by atoms with E-state index in [9.17, 15) is 0 Å². The minimum atomic E-state index is -0.214. The highest BCUT2D eigenvalue weighted by atomic mass is 35.5. The Labute approximate surface area is 77.1 Å². The minimum Gasteiger partial charge on any atom is -0.338 e. The Morgan fingerprint density at radius 3 is 2.25 bits per heavy atom. The zero-order chi connectivity index (χ0) is 9.35. The molecule has 0 N–H and O–H groups in total. The monoisotopic (exact) mass is 188 g/mol. The van der Waals surface area contributed by atoms with E-state index in [-0.39, 0.29) is 10.8 Å². The van der Waals surface area contributed by atoms with E-state index in [1.807, 2.05) is 27.7 Å². The van der Waals surface area contributed by atoms with E-state index in [0.29, 0.717) is 11.7 Å². The van der Waals surface area contributed by atoms with E-state index in [0.717, 1.165) is 0 Å². The van der Waals surface area contributed by atoms with Crippen molar-refractivity contribution in [1.29, 1.82) is 0 Å². The van der Waals surface area contributed by atoms with Crippen LogP contribution in [0.3, 0.4) is 0 Å². The zero-order valence-electron chi connectivity index (χ0n) is 7.76. The second kappa shape index (κ2) is 3.05. The van der Waals surface area contributed by atoms with Crippen LogP contribution in [0.25, 0.3) is 0 Å². The molecule has 0 aliphatic carbocycles. The zero-order valence-corrected chi connectivity index (χ0v) is 8.51. The third-order valence-corrected chi connectivity index (χ3v) is 1.64. The van der Waals surface area contributed by atoms with E-state index >= 15 is 0 Å². The van der Waals surface area contributed by atoms with Gasteiger partial charge in [0.15, 0.2) is 5.82 Å². The van der Waals surface area contributed by atoms with Gasteiger partial charge in [-0.15, -0.1) is 11.6 Å². The van der Waals surface area contributed by atoms with Crippen molar-refractivity contribution in [3.05, 3.63) is 11.7 Å². The van der Waals surface area contributed by atoms with Gasteiger partial charge in [0, 0.05) is 5.41 Å². The first-order valence-corrected chi connectivity index (χ1v) is 4.33. The van der Waals surface area contributed by atoms with Crippen LogP contribution < -0.4 is 0 Å². The molecule has 68 valence electrons. The van der Waals surface area contributed by atoms with Crippen LogP contribution in [0.15, 0.2) is 4.52 Å². The summed E-state index contributed by atoms with van der Waals surface area (Å²) in [5.74, 6) is 1.19. The molecule has 0 aliphatic rings. The van der Waals surface area contributed by atoms with Crippen molar-refractivity contribution in [2.45, 2.75) is 38.5 Å². The predicted molar refractivity (Wildman–Crippen MR) is 47.3 cm³/mol. The summed E-state index contributed by atoms with van der Waals surface area (Å²) in [5.41, 5.74) is -0.0759. The third-order valence-electron chi connectivity index (χ3n) is 1.45. The normalized spacial score (nSPS) is 14.8. The molecule has 1 aromatic rings. The molecule has 12 heavy (non-hydrogen) atoms. The van der Waals surface area contributed by atoms with Crippen molar-refractivity contribution in [2.75, 3.05) is 0 Å². The lowest BCUT2D eigenvalue weighted by Gasteiger charge is -2.10. The highest BCUT2D eigenvalue weighted by Crippen LogP contribution is 2.22. The van der Waals surface area contributed by atoms with Gasteiger partial charge in [-0.1, -0.05) is 25.9 Å². The van der Waals surface area contributed by atoms with Crippen molar-refractivity contribution in [3.63, 3.8) is 0 Å². The molecule has 1 atom stereocenters. The van der Waals surface area contributed by atoms with Crippen LogP contribution in [0.2, 0.25) is 0 Å². The quantitative estimate of drug-likeness (QED) is 0.636.